The average Bonchev–Trinajstić information content (AvgIpc) is 3.20. The van der Waals surface area contributed by atoms with Gasteiger partial charge >= 0.3 is 0 Å². The van der Waals surface area contributed by atoms with Gasteiger partial charge in [-0.05, 0) is 35.9 Å². The highest BCUT2D eigenvalue weighted by molar-refractivity contribution is 7.90. The Morgan fingerprint density at radius 1 is 1.03 bits per heavy atom. The summed E-state index contributed by atoms with van der Waals surface area (Å²) in [5, 5.41) is 11.0. The third-order valence-corrected chi connectivity index (χ3v) is 6.87. The molecule has 0 saturated heterocycles. The molecule has 0 fully saturated rings. The molecule has 168 valence electrons. The molecule has 8 nitrogen and oxygen atoms in total. The fourth-order valence-electron chi connectivity index (χ4n) is 3.88. The van der Waals surface area contributed by atoms with Crippen LogP contribution < -0.4 is 10.0 Å². The maximum absolute atomic E-state index is 15.0. The van der Waals surface area contributed by atoms with Crippen molar-refractivity contribution in [1.82, 2.24) is 19.3 Å². The molecule has 3 heterocycles. The van der Waals surface area contributed by atoms with Gasteiger partial charge in [-0.25, -0.2) is 26.9 Å². The molecule has 0 amide bonds. The van der Waals surface area contributed by atoms with Gasteiger partial charge in [-0.15, -0.1) is 10.2 Å². The highest BCUT2D eigenvalue weighted by Gasteiger charge is 2.32. The maximum Gasteiger partial charge on any atom is 0.266 e. The van der Waals surface area contributed by atoms with Crippen LogP contribution in [0, 0.1) is 11.6 Å². The standard InChI is InChI=1S/C22H18F2N6O2S/c1-13(14-6-2-3-7-15(14)23)20-16(24)9-10-17-21(20)26-22(29-33(17,31)32)25-12-19-28-27-18-8-4-5-11-30(18)19/h2-11,13H,12H2,1H3,(H2,25,26,29)/t13-/m0/s1. The van der Waals surface area contributed by atoms with Crippen LogP contribution in [0.4, 0.5) is 14.5 Å². The SMILES string of the molecule is C[C@@H](c1ccccc1F)c1c(F)ccc2c1NC(=NCc1nnc3ccccn13)NS2(=O)=O. The Balaban J connectivity index is 1.56. The highest BCUT2D eigenvalue weighted by Crippen LogP contribution is 2.38. The Labute approximate surface area is 188 Å². The number of anilines is 1. The Morgan fingerprint density at radius 3 is 2.64 bits per heavy atom. The first kappa shape index (κ1) is 21.0. The van der Waals surface area contributed by atoms with Crippen LogP contribution in [0.15, 0.2) is 70.7 Å². The topological polar surface area (TPSA) is 101 Å². The normalized spacial score (nSPS) is 16.8. The minimum absolute atomic E-state index is 0.0128. The van der Waals surface area contributed by atoms with E-state index in [-0.39, 0.29) is 34.2 Å². The number of nitrogens with one attached hydrogen (secondary N) is 2. The monoisotopic (exact) mass is 468 g/mol. The van der Waals surface area contributed by atoms with Gasteiger partial charge in [-0.2, -0.15) is 0 Å². The molecule has 0 radical (unpaired) electrons. The molecule has 2 N–H and O–H groups in total. The molecule has 0 unspecified atom stereocenters. The first-order valence-corrected chi connectivity index (χ1v) is 11.5. The maximum atomic E-state index is 15.0. The number of aliphatic imine (C=N–C) groups is 1. The molecular weight excluding hydrogens is 450 g/mol. The Hall–Kier alpha value is -3.86. The quantitative estimate of drug-likeness (QED) is 0.478. The summed E-state index contributed by atoms with van der Waals surface area (Å²) in [6.07, 6.45) is 1.77. The number of guanidine groups is 1. The lowest BCUT2D eigenvalue weighted by Crippen LogP contribution is -2.41. The van der Waals surface area contributed by atoms with E-state index in [9.17, 15) is 17.2 Å². The van der Waals surface area contributed by atoms with E-state index in [0.717, 1.165) is 6.07 Å². The van der Waals surface area contributed by atoms with Gasteiger partial charge in [0.05, 0.1) is 5.69 Å². The van der Waals surface area contributed by atoms with Crippen molar-refractivity contribution in [3.8, 4) is 0 Å². The summed E-state index contributed by atoms with van der Waals surface area (Å²) in [6, 6.07) is 13.6. The third-order valence-electron chi connectivity index (χ3n) is 5.49. The minimum atomic E-state index is -4.04. The second-order valence-corrected chi connectivity index (χ2v) is 9.17. The summed E-state index contributed by atoms with van der Waals surface area (Å²) in [6.45, 7) is 1.63. The van der Waals surface area contributed by atoms with Crippen LogP contribution in [-0.4, -0.2) is 29.0 Å². The number of hydrogen-bond donors (Lipinski definition) is 2. The fraction of sp³-hybridized carbons (Fsp3) is 0.136. The van der Waals surface area contributed by atoms with Crippen LogP contribution in [0.3, 0.4) is 0 Å². The molecule has 2 aromatic heterocycles. The average molecular weight is 468 g/mol. The number of nitrogens with zero attached hydrogens (tertiary/aromatic N) is 4. The zero-order valence-electron chi connectivity index (χ0n) is 17.3. The fourth-order valence-corrected chi connectivity index (χ4v) is 5.04. The van der Waals surface area contributed by atoms with Crippen LogP contribution >= 0.6 is 0 Å². The summed E-state index contributed by atoms with van der Waals surface area (Å²) in [5.74, 6) is -1.53. The number of sulfonamides is 1. The summed E-state index contributed by atoms with van der Waals surface area (Å²) in [5.41, 5.74) is 0.923. The third kappa shape index (κ3) is 3.69. The number of rotatable bonds is 4. The highest BCUT2D eigenvalue weighted by atomic mass is 32.2. The summed E-state index contributed by atoms with van der Waals surface area (Å²) >= 11 is 0. The van der Waals surface area contributed by atoms with Crippen molar-refractivity contribution in [1.29, 1.82) is 0 Å². The smallest absolute Gasteiger partial charge is 0.266 e. The molecule has 0 bridgehead atoms. The first-order chi connectivity index (χ1) is 15.8. The van der Waals surface area contributed by atoms with Crippen molar-refractivity contribution in [3.63, 3.8) is 0 Å². The van der Waals surface area contributed by atoms with E-state index in [1.165, 1.54) is 18.2 Å². The predicted molar refractivity (Wildman–Crippen MR) is 118 cm³/mol. The van der Waals surface area contributed by atoms with E-state index in [2.05, 4.69) is 25.2 Å². The second-order valence-electron chi connectivity index (χ2n) is 7.52. The Kier molecular flexibility index (Phi) is 5.05. The number of hydrogen-bond acceptors (Lipinski definition) is 5. The predicted octanol–water partition coefficient (Wildman–Crippen LogP) is 3.42. The summed E-state index contributed by atoms with van der Waals surface area (Å²) in [7, 11) is -4.04. The van der Waals surface area contributed by atoms with Crippen molar-refractivity contribution >= 4 is 27.3 Å². The van der Waals surface area contributed by atoms with Crippen molar-refractivity contribution in [3.05, 3.63) is 89.4 Å². The lowest BCUT2D eigenvalue weighted by molar-refractivity contribution is 0.577. The summed E-state index contributed by atoms with van der Waals surface area (Å²) < 4.78 is 59.2. The van der Waals surface area contributed by atoms with Gasteiger partial charge < -0.3 is 5.32 Å². The van der Waals surface area contributed by atoms with Crippen LogP contribution in [0.5, 0.6) is 0 Å². The Bertz CT molecular complexity index is 1520. The van der Waals surface area contributed by atoms with Crippen LogP contribution in [0.2, 0.25) is 0 Å². The van der Waals surface area contributed by atoms with E-state index >= 15 is 0 Å². The molecule has 1 aliphatic rings. The minimum Gasteiger partial charge on any atom is -0.324 e. The molecule has 11 heteroatoms. The molecule has 1 atom stereocenters. The largest absolute Gasteiger partial charge is 0.324 e. The van der Waals surface area contributed by atoms with Crippen molar-refractivity contribution in [2.75, 3.05) is 5.32 Å². The zero-order chi connectivity index (χ0) is 23.2. The molecule has 4 aromatic rings. The molecule has 0 aliphatic carbocycles. The van der Waals surface area contributed by atoms with Gasteiger partial charge in [0.2, 0.25) is 5.96 Å². The van der Waals surface area contributed by atoms with Crippen LogP contribution in [0.25, 0.3) is 5.65 Å². The van der Waals surface area contributed by atoms with Gasteiger partial charge in [-0.3, -0.25) is 4.40 Å². The van der Waals surface area contributed by atoms with E-state index in [4.69, 9.17) is 0 Å². The Morgan fingerprint density at radius 2 is 1.82 bits per heavy atom. The van der Waals surface area contributed by atoms with Gasteiger partial charge in [0.25, 0.3) is 10.0 Å². The lowest BCUT2D eigenvalue weighted by Gasteiger charge is -2.26. The van der Waals surface area contributed by atoms with Gasteiger partial charge in [0.1, 0.15) is 23.1 Å². The summed E-state index contributed by atoms with van der Waals surface area (Å²) in [4.78, 5) is 4.14. The molecule has 0 saturated carbocycles. The number of benzene rings is 2. The van der Waals surface area contributed by atoms with Crippen molar-refractivity contribution < 1.29 is 17.2 Å². The van der Waals surface area contributed by atoms with E-state index in [1.807, 2.05) is 12.1 Å². The number of fused-ring (bicyclic) bond motifs is 2. The first-order valence-electron chi connectivity index (χ1n) is 10.0. The molecular formula is C22H18F2N6O2S. The second kappa shape index (κ2) is 7.93. The van der Waals surface area contributed by atoms with Crippen LogP contribution in [0.1, 0.15) is 29.8 Å². The van der Waals surface area contributed by atoms with Crippen molar-refractivity contribution in [2.45, 2.75) is 24.3 Å². The number of aromatic nitrogens is 3. The van der Waals surface area contributed by atoms with Crippen LogP contribution in [-0.2, 0) is 16.6 Å². The van der Waals surface area contributed by atoms with Crippen molar-refractivity contribution in [2.24, 2.45) is 4.99 Å². The van der Waals surface area contributed by atoms with Gasteiger partial charge in [0.15, 0.2) is 11.5 Å². The molecule has 5 rings (SSSR count). The van der Waals surface area contributed by atoms with E-state index in [0.29, 0.717) is 11.5 Å². The number of halogens is 2. The molecule has 0 spiro atoms. The molecule has 33 heavy (non-hydrogen) atoms. The van der Waals surface area contributed by atoms with E-state index in [1.54, 1.807) is 35.7 Å². The van der Waals surface area contributed by atoms with Gasteiger partial charge in [0, 0.05) is 17.7 Å². The number of pyridine rings is 1. The molecule has 2 aromatic carbocycles. The molecule has 1 aliphatic heterocycles. The zero-order valence-corrected chi connectivity index (χ0v) is 18.1. The van der Waals surface area contributed by atoms with Gasteiger partial charge in [-0.1, -0.05) is 31.2 Å². The lowest BCUT2D eigenvalue weighted by atomic mass is 9.91. The van der Waals surface area contributed by atoms with E-state index < -0.39 is 27.6 Å².